The Balaban J connectivity index is 1.27. The van der Waals surface area contributed by atoms with E-state index in [4.69, 9.17) is 4.52 Å². The van der Waals surface area contributed by atoms with Crippen molar-refractivity contribution in [3.05, 3.63) is 48.0 Å². The Kier molecular flexibility index (Phi) is 7.71. The van der Waals surface area contributed by atoms with Crippen LogP contribution in [0.2, 0.25) is 0 Å². The topological polar surface area (TPSA) is 97.6 Å². The van der Waals surface area contributed by atoms with Crippen molar-refractivity contribution in [1.82, 2.24) is 10.1 Å². The van der Waals surface area contributed by atoms with Gasteiger partial charge in [0.2, 0.25) is 5.82 Å². The molecule has 218 valence electrons. The van der Waals surface area contributed by atoms with Crippen molar-refractivity contribution in [2.24, 2.45) is 5.92 Å². The summed E-state index contributed by atoms with van der Waals surface area (Å²) >= 11 is 0. The second-order valence-electron chi connectivity index (χ2n) is 10.3. The average Bonchev–Trinajstić information content (AvgIpc) is 3.59. The predicted octanol–water partition coefficient (Wildman–Crippen LogP) is 6.33. The van der Waals surface area contributed by atoms with Gasteiger partial charge in [0.1, 0.15) is 0 Å². The van der Waals surface area contributed by atoms with Crippen LogP contribution in [0.1, 0.15) is 44.6 Å². The highest BCUT2D eigenvalue weighted by atomic mass is 19.4. The van der Waals surface area contributed by atoms with Gasteiger partial charge in [0.25, 0.3) is 11.8 Å². The summed E-state index contributed by atoms with van der Waals surface area (Å²) in [6, 6.07) is 10.6. The van der Waals surface area contributed by atoms with Crippen LogP contribution in [0.15, 0.2) is 47.0 Å². The number of carbonyl (C=O) groups excluding carboxylic acids is 2. The zero-order chi connectivity index (χ0) is 29.4. The molecule has 13 heteroatoms. The monoisotopic (exact) mass is 578 g/mol. The summed E-state index contributed by atoms with van der Waals surface area (Å²) < 4.78 is 78.9. The van der Waals surface area contributed by atoms with E-state index in [1.165, 1.54) is 24.0 Å². The number of hydrogen-bond acceptors (Lipinski definition) is 8. The summed E-state index contributed by atoms with van der Waals surface area (Å²) in [6.45, 7) is 0.830. The molecule has 0 radical (unpaired) electrons. The standard InChI is InChI=1S/C28H27F5N4O4/c1-16(38)40-26(39)19-4-8-21(14-19)34-20-6-2-17(3-7-20)25-35-24(36-41-25)18-5-9-23(22(15-18)28(31,32)33)37-12-10-27(29,30)11-13-37/h2-3,5-7,9,15,19,21,34H,4,8,10-14H2,1H3. The van der Waals surface area contributed by atoms with Gasteiger partial charge in [0.05, 0.1) is 11.5 Å². The van der Waals surface area contributed by atoms with Crippen LogP contribution in [0, 0.1) is 5.92 Å². The van der Waals surface area contributed by atoms with Crippen molar-refractivity contribution >= 4 is 23.3 Å². The molecule has 0 spiro atoms. The zero-order valence-electron chi connectivity index (χ0n) is 22.0. The average molecular weight is 579 g/mol. The Hall–Kier alpha value is -4.03. The number of anilines is 2. The number of esters is 2. The fourth-order valence-corrected chi connectivity index (χ4v) is 5.21. The van der Waals surface area contributed by atoms with E-state index in [1.54, 1.807) is 24.3 Å². The highest BCUT2D eigenvalue weighted by Crippen LogP contribution is 2.41. The van der Waals surface area contributed by atoms with Crippen molar-refractivity contribution in [2.45, 2.75) is 57.2 Å². The number of alkyl halides is 5. The van der Waals surface area contributed by atoms with Gasteiger partial charge in [-0.1, -0.05) is 5.16 Å². The van der Waals surface area contributed by atoms with E-state index in [2.05, 4.69) is 20.2 Å². The van der Waals surface area contributed by atoms with Crippen molar-refractivity contribution in [3.63, 3.8) is 0 Å². The molecule has 8 nitrogen and oxygen atoms in total. The van der Waals surface area contributed by atoms with Crippen molar-refractivity contribution in [2.75, 3.05) is 23.3 Å². The van der Waals surface area contributed by atoms with Gasteiger partial charge in [-0.15, -0.1) is 0 Å². The van der Waals surface area contributed by atoms with E-state index >= 15 is 0 Å². The molecule has 1 aliphatic heterocycles. The Labute approximate surface area is 231 Å². The molecule has 2 atom stereocenters. The number of ether oxygens (including phenoxy) is 1. The third kappa shape index (κ3) is 6.66. The highest BCUT2D eigenvalue weighted by molar-refractivity contribution is 5.85. The predicted molar refractivity (Wildman–Crippen MR) is 138 cm³/mol. The second-order valence-corrected chi connectivity index (χ2v) is 10.3. The highest BCUT2D eigenvalue weighted by Gasteiger charge is 2.39. The molecule has 2 unspecified atom stereocenters. The maximum absolute atomic E-state index is 13.9. The van der Waals surface area contributed by atoms with E-state index in [0.717, 1.165) is 18.2 Å². The van der Waals surface area contributed by atoms with Crippen LogP contribution in [0.5, 0.6) is 0 Å². The maximum Gasteiger partial charge on any atom is 0.418 e. The number of nitrogens with zero attached hydrogens (tertiary/aromatic N) is 3. The fraction of sp³-hybridized carbons (Fsp3) is 0.429. The lowest BCUT2D eigenvalue weighted by Crippen LogP contribution is -2.40. The molecular formula is C28H27F5N4O4. The van der Waals surface area contributed by atoms with Gasteiger partial charge in [-0.25, -0.2) is 8.78 Å². The summed E-state index contributed by atoms with van der Waals surface area (Å²) in [7, 11) is 0. The number of benzene rings is 2. The Morgan fingerprint density at radius 3 is 2.39 bits per heavy atom. The summed E-state index contributed by atoms with van der Waals surface area (Å²) in [6.07, 6.45) is -3.86. The molecule has 2 heterocycles. The number of halogens is 5. The molecule has 1 aliphatic carbocycles. The number of hydrogen-bond donors (Lipinski definition) is 1. The van der Waals surface area contributed by atoms with Gasteiger partial charge in [0.15, 0.2) is 0 Å². The maximum atomic E-state index is 13.9. The van der Waals surface area contributed by atoms with Crippen molar-refractivity contribution in [1.29, 1.82) is 0 Å². The van der Waals surface area contributed by atoms with Gasteiger partial charge in [-0.3, -0.25) is 9.59 Å². The van der Waals surface area contributed by atoms with Gasteiger partial charge in [-0.05, 0) is 61.7 Å². The number of carbonyl (C=O) groups is 2. The Bertz CT molecular complexity index is 1410. The first-order valence-corrected chi connectivity index (χ1v) is 13.2. The molecule has 0 bridgehead atoms. The molecular weight excluding hydrogens is 551 g/mol. The molecule has 0 amide bonds. The molecule has 1 saturated heterocycles. The third-order valence-corrected chi connectivity index (χ3v) is 7.33. The molecule has 1 N–H and O–H groups in total. The van der Waals surface area contributed by atoms with Gasteiger partial charge >= 0.3 is 18.1 Å². The minimum absolute atomic E-state index is 0.0209. The van der Waals surface area contributed by atoms with Crippen molar-refractivity contribution < 1.29 is 40.8 Å². The second kappa shape index (κ2) is 11.1. The Morgan fingerprint density at radius 1 is 1.05 bits per heavy atom. The molecule has 2 aromatic carbocycles. The van der Waals surface area contributed by atoms with Crippen LogP contribution < -0.4 is 10.2 Å². The summed E-state index contributed by atoms with van der Waals surface area (Å²) in [5.74, 6) is -4.30. The molecule has 3 aromatic rings. The van der Waals surface area contributed by atoms with E-state index < -0.39 is 42.4 Å². The Morgan fingerprint density at radius 2 is 1.73 bits per heavy atom. The third-order valence-electron chi connectivity index (χ3n) is 7.33. The van der Waals surface area contributed by atoms with Crippen LogP contribution in [0.25, 0.3) is 22.8 Å². The molecule has 41 heavy (non-hydrogen) atoms. The molecule has 1 saturated carbocycles. The minimum Gasteiger partial charge on any atom is -0.393 e. The SMILES string of the molecule is CC(=O)OC(=O)C1CCC(Nc2ccc(-c3nc(-c4ccc(N5CCC(F)(F)CC5)c(C(F)(F)F)c4)no3)cc2)C1. The van der Waals surface area contributed by atoms with Crippen LogP contribution >= 0.6 is 0 Å². The minimum atomic E-state index is -4.71. The smallest absolute Gasteiger partial charge is 0.393 e. The van der Waals surface area contributed by atoms with Crippen molar-refractivity contribution in [3.8, 4) is 22.8 Å². The first-order chi connectivity index (χ1) is 19.4. The van der Waals surface area contributed by atoms with E-state index in [1.807, 2.05) is 0 Å². The number of rotatable bonds is 6. The van der Waals surface area contributed by atoms with E-state index in [-0.39, 0.29) is 48.0 Å². The quantitative estimate of drug-likeness (QED) is 0.206. The molecule has 2 fully saturated rings. The lowest BCUT2D eigenvalue weighted by Gasteiger charge is -2.34. The summed E-state index contributed by atoms with van der Waals surface area (Å²) in [5, 5.41) is 7.18. The van der Waals surface area contributed by atoms with Gasteiger partial charge in [0, 0.05) is 61.4 Å². The van der Waals surface area contributed by atoms with Crippen LogP contribution in [0.3, 0.4) is 0 Å². The fourth-order valence-electron chi connectivity index (χ4n) is 5.21. The molecule has 1 aromatic heterocycles. The van der Waals surface area contributed by atoms with Crippen LogP contribution in [-0.2, 0) is 20.5 Å². The van der Waals surface area contributed by atoms with Crippen LogP contribution in [0.4, 0.5) is 33.3 Å². The van der Waals surface area contributed by atoms with Crippen LogP contribution in [-0.4, -0.2) is 47.1 Å². The number of aromatic nitrogens is 2. The largest absolute Gasteiger partial charge is 0.418 e. The lowest BCUT2D eigenvalue weighted by molar-refractivity contribution is -0.161. The number of nitrogens with one attached hydrogen (secondary N) is 1. The first kappa shape index (κ1) is 28.5. The first-order valence-electron chi connectivity index (χ1n) is 13.2. The van der Waals surface area contributed by atoms with E-state index in [9.17, 15) is 31.5 Å². The zero-order valence-corrected chi connectivity index (χ0v) is 22.0. The molecule has 2 aliphatic rings. The molecule has 5 rings (SSSR count). The number of piperidine rings is 1. The summed E-state index contributed by atoms with van der Waals surface area (Å²) in [5.41, 5.74) is 0.292. The van der Waals surface area contributed by atoms with Gasteiger partial charge in [-0.2, -0.15) is 18.2 Å². The lowest BCUT2D eigenvalue weighted by atomic mass is 10.0. The van der Waals surface area contributed by atoms with Gasteiger partial charge < -0.3 is 19.5 Å². The normalized spacial score (nSPS) is 20.6. The van der Waals surface area contributed by atoms with E-state index in [0.29, 0.717) is 18.4 Å². The summed E-state index contributed by atoms with van der Waals surface area (Å²) in [4.78, 5) is 28.6.